The number of likely N-dealkylation sites (tertiary alicyclic amines) is 1. The van der Waals surface area contributed by atoms with Gasteiger partial charge in [-0.25, -0.2) is 4.79 Å². The first-order valence-electron chi connectivity index (χ1n) is 11.2. The van der Waals surface area contributed by atoms with Gasteiger partial charge in [0, 0.05) is 31.2 Å². The molecule has 0 radical (unpaired) electrons. The molecular formula is C25H31BrN2O4. The fraction of sp³-hybridized carbons (Fsp3) is 0.480. The molecule has 0 aromatic heterocycles. The quantitative estimate of drug-likeness (QED) is 0.465. The lowest BCUT2D eigenvalue weighted by Crippen LogP contribution is -2.33. The van der Waals surface area contributed by atoms with Gasteiger partial charge in [0.25, 0.3) is 0 Å². The Morgan fingerprint density at radius 1 is 1.19 bits per heavy atom. The fourth-order valence-electron chi connectivity index (χ4n) is 4.47. The normalized spacial score (nSPS) is 22.2. The van der Waals surface area contributed by atoms with Gasteiger partial charge in [-0.1, -0.05) is 46.3 Å². The average Bonchev–Trinajstić information content (AvgIpc) is 3.37. The zero-order chi connectivity index (χ0) is 22.5. The van der Waals surface area contributed by atoms with Gasteiger partial charge in [0.1, 0.15) is 11.9 Å². The summed E-state index contributed by atoms with van der Waals surface area (Å²) < 4.78 is 17.8. The number of hydrogen-bond acceptors (Lipinski definition) is 5. The number of benzene rings is 2. The number of cyclic esters (lactones) is 1. The number of hydrogen-bond donors (Lipinski definition) is 0. The molecule has 2 aliphatic heterocycles. The first kappa shape index (κ1) is 23.1. The molecule has 0 bridgehead atoms. The Kier molecular flexibility index (Phi) is 7.71. The molecule has 2 fully saturated rings. The molecule has 4 rings (SSSR count). The van der Waals surface area contributed by atoms with Crippen LogP contribution in [-0.2, 0) is 22.4 Å². The van der Waals surface area contributed by atoms with Crippen LogP contribution in [0, 0.1) is 5.92 Å². The van der Waals surface area contributed by atoms with Crippen LogP contribution in [0.15, 0.2) is 53.0 Å². The van der Waals surface area contributed by atoms with E-state index in [1.807, 2.05) is 49.4 Å². The third kappa shape index (κ3) is 6.03. The van der Waals surface area contributed by atoms with E-state index in [-0.39, 0.29) is 18.5 Å². The minimum Gasteiger partial charge on any atom is -0.465 e. The van der Waals surface area contributed by atoms with E-state index in [0.29, 0.717) is 19.0 Å². The molecule has 0 spiro atoms. The van der Waals surface area contributed by atoms with Crippen LogP contribution in [0.3, 0.4) is 0 Å². The lowest BCUT2D eigenvalue weighted by atomic mass is 9.98. The Morgan fingerprint density at radius 3 is 2.78 bits per heavy atom. The smallest absolute Gasteiger partial charge is 0.410 e. The van der Waals surface area contributed by atoms with Crippen molar-refractivity contribution in [1.29, 1.82) is 0 Å². The van der Waals surface area contributed by atoms with E-state index in [0.717, 1.165) is 48.3 Å². The van der Waals surface area contributed by atoms with Crippen molar-refractivity contribution in [1.82, 2.24) is 9.80 Å². The first-order chi connectivity index (χ1) is 15.5. The third-order valence-electron chi connectivity index (χ3n) is 6.16. The number of amides is 1. The summed E-state index contributed by atoms with van der Waals surface area (Å²) in [4.78, 5) is 16.5. The molecule has 2 aliphatic rings. The Bertz CT molecular complexity index is 910. The van der Waals surface area contributed by atoms with Crippen LogP contribution in [0.1, 0.15) is 24.5 Å². The van der Waals surface area contributed by atoms with Crippen molar-refractivity contribution >= 4 is 22.0 Å². The summed E-state index contributed by atoms with van der Waals surface area (Å²) in [5.41, 5.74) is 2.38. The molecule has 32 heavy (non-hydrogen) atoms. The van der Waals surface area contributed by atoms with E-state index in [1.54, 1.807) is 12.0 Å². The fourth-order valence-corrected chi connectivity index (χ4v) is 4.88. The first-order valence-corrected chi connectivity index (χ1v) is 12.0. The Hall–Kier alpha value is -2.09. The summed E-state index contributed by atoms with van der Waals surface area (Å²) in [6, 6.07) is 16.2. The zero-order valence-electron chi connectivity index (χ0n) is 18.7. The van der Waals surface area contributed by atoms with Gasteiger partial charge in [0.05, 0.1) is 6.54 Å². The Balaban J connectivity index is 1.27. The highest BCUT2D eigenvalue weighted by Gasteiger charge is 2.34. The highest BCUT2D eigenvalue weighted by Crippen LogP contribution is 2.29. The number of nitrogens with zero attached hydrogens (tertiary/aromatic N) is 2. The summed E-state index contributed by atoms with van der Waals surface area (Å²) >= 11 is 3.68. The number of methoxy groups -OCH3 is 1. The van der Waals surface area contributed by atoms with Gasteiger partial charge in [-0.2, -0.15) is 0 Å². The molecule has 3 unspecified atom stereocenters. The van der Waals surface area contributed by atoms with Crippen LogP contribution in [-0.4, -0.2) is 61.6 Å². The van der Waals surface area contributed by atoms with Crippen molar-refractivity contribution in [2.24, 2.45) is 5.92 Å². The molecule has 3 atom stereocenters. The number of carbonyl (C=O) groups excluding carboxylic acids is 1. The molecule has 7 heteroatoms. The molecule has 172 valence electrons. The van der Waals surface area contributed by atoms with E-state index in [4.69, 9.17) is 14.2 Å². The van der Waals surface area contributed by atoms with Gasteiger partial charge in [0.15, 0.2) is 6.29 Å². The van der Waals surface area contributed by atoms with Gasteiger partial charge < -0.3 is 19.1 Å². The molecule has 1 amide bonds. The van der Waals surface area contributed by atoms with E-state index in [1.165, 1.54) is 5.56 Å². The topological polar surface area (TPSA) is 51.2 Å². The molecule has 6 nitrogen and oxygen atoms in total. The molecule has 2 heterocycles. The molecule has 2 aromatic rings. The van der Waals surface area contributed by atoms with Gasteiger partial charge in [-0.3, -0.25) is 4.90 Å². The second-order valence-electron chi connectivity index (χ2n) is 8.66. The average molecular weight is 503 g/mol. The van der Waals surface area contributed by atoms with Crippen molar-refractivity contribution in [3.8, 4) is 5.75 Å². The van der Waals surface area contributed by atoms with Crippen LogP contribution in [0.2, 0.25) is 0 Å². The highest BCUT2D eigenvalue weighted by molar-refractivity contribution is 9.10. The van der Waals surface area contributed by atoms with Crippen molar-refractivity contribution < 1.29 is 19.0 Å². The molecule has 0 saturated carbocycles. The van der Waals surface area contributed by atoms with Crippen molar-refractivity contribution in [3.05, 3.63) is 64.1 Å². The van der Waals surface area contributed by atoms with Crippen molar-refractivity contribution in [2.75, 3.05) is 33.3 Å². The van der Waals surface area contributed by atoms with Crippen LogP contribution in [0.25, 0.3) is 0 Å². The summed E-state index contributed by atoms with van der Waals surface area (Å²) in [6.45, 7) is 5.98. The molecule has 0 aliphatic carbocycles. The third-order valence-corrected chi connectivity index (χ3v) is 6.93. The Morgan fingerprint density at radius 2 is 2.00 bits per heavy atom. The van der Waals surface area contributed by atoms with E-state index in [9.17, 15) is 4.79 Å². The summed E-state index contributed by atoms with van der Waals surface area (Å²) in [5.74, 6) is 1.39. The summed E-state index contributed by atoms with van der Waals surface area (Å²) in [5, 5.41) is 0. The molecular weight excluding hydrogens is 472 g/mol. The summed E-state index contributed by atoms with van der Waals surface area (Å²) in [7, 11) is 1.64. The van der Waals surface area contributed by atoms with Gasteiger partial charge in [-0.05, 0) is 61.6 Å². The van der Waals surface area contributed by atoms with E-state index < -0.39 is 0 Å². The van der Waals surface area contributed by atoms with Crippen LogP contribution in [0.4, 0.5) is 4.79 Å². The maximum Gasteiger partial charge on any atom is 0.410 e. The monoisotopic (exact) mass is 502 g/mol. The highest BCUT2D eigenvalue weighted by atomic mass is 79.9. The number of ether oxygens (including phenoxy) is 3. The molecule has 2 saturated heterocycles. The minimum atomic E-state index is -0.276. The molecule has 2 aromatic carbocycles. The van der Waals surface area contributed by atoms with Gasteiger partial charge >= 0.3 is 6.09 Å². The van der Waals surface area contributed by atoms with E-state index in [2.05, 4.69) is 26.9 Å². The van der Waals surface area contributed by atoms with Crippen LogP contribution in [0.5, 0.6) is 5.75 Å². The lowest BCUT2D eigenvalue weighted by molar-refractivity contribution is -0.0383. The predicted octanol–water partition coefficient (Wildman–Crippen LogP) is 4.71. The Labute approximate surface area is 198 Å². The van der Waals surface area contributed by atoms with Crippen LogP contribution >= 0.6 is 15.9 Å². The SMILES string of the molecule is COC(C)Oc1ccc(Br)c(CC2CCN(CC3CN(Cc4ccccc4)C(=O)O3)C2)c1. The standard InChI is InChI=1S/C25H31BrN2O4/c1-18(30-2)31-22-8-9-24(26)21(13-22)12-20-10-11-27(14-20)16-23-17-28(25(29)32-23)15-19-6-4-3-5-7-19/h3-9,13,18,20,23H,10-12,14-17H2,1-2H3. The number of halogens is 1. The van der Waals surface area contributed by atoms with Gasteiger partial charge in [-0.15, -0.1) is 0 Å². The minimum absolute atomic E-state index is 0.0658. The van der Waals surface area contributed by atoms with Crippen molar-refractivity contribution in [2.45, 2.75) is 38.7 Å². The number of carbonyl (C=O) groups is 1. The maximum absolute atomic E-state index is 12.3. The second-order valence-corrected chi connectivity index (χ2v) is 9.52. The van der Waals surface area contributed by atoms with Gasteiger partial charge in [0.2, 0.25) is 0 Å². The molecule has 0 N–H and O–H groups in total. The largest absolute Gasteiger partial charge is 0.465 e. The number of rotatable bonds is 9. The van der Waals surface area contributed by atoms with Crippen LogP contribution < -0.4 is 4.74 Å². The predicted molar refractivity (Wildman–Crippen MR) is 127 cm³/mol. The zero-order valence-corrected chi connectivity index (χ0v) is 20.3. The van der Waals surface area contributed by atoms with Crippen molar-refractivity contribution in [3.63, 3.8) is 0 Å². The second kappa shape index (κ2) is 10.7. The summed E-state index contributed by atoms with van der Waals surface area (Å²) in [6.07, 6.45) is 1.58. The maximum atomic E-state index is 12.3. The van der Waals surface area contributed by atoms with E-state index >= 15 is 0 Å². The lowest BCUT2D eigenvalue weighted by Gasteiger charge is -2.20.